The molecule has 0 unspecified atom stereocenters. The number of rotatable bonds is 8. The number of allylic oxidation sites excluding steroid dienone is 1. The Labute approximate surface area is 260 Å². The van der Waals surface area contributed by atoms with Gasteiger partial charge in [-0.15, -0.1) is 0 Å². The number of carbonyl (C=O) groups excluding carboxylic acids is 1. The summed E-state index contributed by atoms with van der Waals surface area (Å²) in [5.41, 5.74) is 5.56. The number of hydrogen-bond acceptors (Lipinski definition) is 4. The van der Waals surface area contributed by atoms with Crippen molar-refractivity contribution in [2.75, 3.05) is 0 Å². The molecule has 0 aliphatic heterocycles. The van der Waals surface area contributed by atoms with Gasteiger partial charge in [-0.05, 0) is 122 Å². The maximum atomic E-state index is 13.1. The van der Waals surface area contributed by atoms with Crippen molar-refractivity contribution in [1.82, 2.24) is 9.97 Å². The average Bonchev–Trinajstić information content (AvgIpc) is 3.35. The third kappa shape index (κ3) is 5.85. The van der Waals surface area contributed by atoms with E-state index >= 15 is 0 Å². The minimum absolute atomic E-state index is 0.0433. The molecule has 2 aromatic heterocycles. The van der Waals surface area contributed by atoms with Crippen LogP contribution in [0, 0.1) is 53.3 Å². The lowest BCUT2D eigenvalue weighted by Crippen LogP contribution is -2.51. The number of aromatic nitrogens is 2. The minimum Gasteiger partial charge on any atom is -0.458 e. The van der Waals surface area contributed by atoms with Crippen LogP contribution in [0.4, 0.5) is 0 Å². The third-order valence-electron chi connectivity index (χ3n) is 12.7. The number of nitrogens with zero attached hydrogens (tertiary/aromatic N) is 2. The number of ether oxygens (including phenoxy) is 1. The lowest BCUT2D eigenvalue weighted by Gasteiger charge is -2.58. The summed E-state index contributed by atoms with van der Waals surface area (Å²) in [5, 5.41) is 0. The van der Waals surface area contributed by atoms with Gasteiger partial charge in [0.25, 0.3) is 0 Å². The molecule has 8 atom stereocenters. The molecule has 4 aliphatic rings. The summed E-state index contributed by atoms with van der Waals surface area (Å²) in [6, 6.07) is 7.68. The maximum Gasteiger partial charge on any atom is 0.339 e. The van der Waals surface area contributed by atoms with Crippen LogP contribution in [0.3, 0.4) is 0 Å². The first-order valence-electron chi connectivity index (χ1n) is 17.4. The standard InChI is InChI=1S/C39H54N2O2/c1-25(2)8-7-9-27(4)32-14-15-33-31-13-12-29-22-30(18-20-38(29,5)34(31)19-21-39(32,33)6)43-37(42)28-11-17-36(41-24-28)35-16-10-26(3)23-40-35/h10-12,16-17,23-25,27,30-34H,7-9,13-15,18-22H2,1-6H3/t27-,30+,31+,32-,33+,34+,38+,39-/m1/s1. The molecule has 0 amide bonds. The van der Waals surface area contributed by atoms with Crippen LogP contribution in [-0.2, 0) is 4.74 Å². The molecule has 0 N–H and O–H groups in total. The van der Waals surface area contributed by atoms with Crippen LogP contribution in [0.25, 0.3) is 11.4 Å². The largest absolute Gasteiger partial charge is 0.458 e. The third-order valence-corrected chi connectivity index (χ3v) is 12.7. The molecule has 3 fully saturated rings. The van der Waals surface area contributed by atoms with E-state index in [2.05, 4.69) is 50.7 Å². The Hall–Kier alpha value is -2.49. The number of aryl methyl sites for hydroxylation is 1. The number of hydrogen-bond donors (Lipinski definition) is 0. The fraction of sp³-hybridized carbons (Fsp3) is 0.667. The number of pyridine rings is 2. The normalized spacial score (nSPS) is 34.1. The molecule has 4 aliphatic carbocycles. The fourth-order valence-electron chi connectivity index (χ4n) is 10.3. The van der Waals surface area contributed by atoms with Crippen LogP contribution in [-0.4, -0.2) is 22.0 Å². The van der Waals surface area contributed by atoms with Crippen molar-refractivity contribution in [2.45, 2.75) is 118 Å². The molecule has 3 saturated carbocycles. The van der Waals surface area contributed by atoms with Gasteiger partial charge in [0.2, 0.25) is 0 Å². The van der Waals surface area contributed by atoms with Gasteiger partial charge in [-0.3, -0.25) is 9.97 Å². The molecule has 2 aromatic rings. The Bertz CT molecular complexity index is 1310. The Kier molecular flexibility index (Phi) is 8.61. The highest BCUT2D eigenvalue weighted by molar-refractivity contribution is 5.89. The van der Waals surface area contributed by atoms with E-state index < -0.39 is 0 Å². The van der Waals surface area contributed by atoms with Crippen LogP contribution >= 0.6 is 0 Å². The predicted octanol–water partition coefficient (Wildman–Crippen LogP) is 10.0. The van der Waals surface area contributed by atoms with Crippen LogP contribution in [0.2, 0.25) is 0 Å². The first kappa shape index (κ1) is 30.5. The Morgan fingerprint density at radius 1 is 0.930 bits per heavy atom. The van der Waals surface area contributed by atoms with Gasteiger partial charge in [-0.25, -0.2) is 4.79 Å². The van der Waals surface area contributed by atoms with Gasteiger partial charge < -0.3 is 4.74 Å². The number of fused-ring (bicyclic) bond motifs is 5. The lowest BCUT2D eigenvalue weighted by atomic mass is 9.47. The van der Waals surface area contributed by atoms with E-state index in [1.54, 1.807) is 11.8 Å². The summed E-state index contributed by atoms with van der Waals surface area (Å²) in [5.74, 6) is 4.80. The van der Waals surface area contributed by atoms with E-state index in [1.807, 2.05) is 37.4 Å². The number of carbonyl (C=O) groups is 1. The molecule has 6 rings (SSSR count). The van der Waals surface area contributed by atoms with Crippen LogP contribution in [0.15, 0.2) is 48.3 Å². The molecule has 0 spiro atoms. The second kappa shape index (κ2) is 12.1. The summed E-state index contributed by atoms with van der Waals surface area (Å²) >= 11 is 0. The van der Waals surface area contributed by atoms with E-state index in [0.29, 0.717) is 11.0 Å². The van der Waals surface area contributed by atoms with Gasteiger partial charge in [0, 0.05) is 18.8 Å². The highest BCUT2D eigenvalue weighted by Crippen LogP contribution is 2.67. The summed E-state index contributed by atoms with van der Waals surface area (Å²) < 4.78 is 6.11. The minimum atomic E-state index is -0.258. The van der Waals surface area contributed by atoms with Crippen molar-refractivity contribution in [2.24, 2.45) is 46.3 Å². The molecule has 0 saturated heterocycles. The molecule has 4 nitrogen and oxygen atoms in total. The summed E-state index contributed by atoms with van der Waals surface area (Å²) in [6.07, 6.45) is 20.1. The fourth-order valence-corrected chi connectivity index (χ4v) is 10.3. The van der Waals surface area contributed by atoms with Crippen molar-refractivity contribution in [3.63, 3.8) is 0 Å². The van der Waals surface area contributed by atoms with Crippen LogP contribution in [0.1, 0.15) is 121 Å². The first-order valence-corrected chi connectivity index (χ1v) is 17.4. The highest BCUT2D eigenvalue weighted by atomic mass is 16.5. The molecule has 0 bridgehead atoms. The van der Waals surface area contributed by atoms with E-state index in [9.17, 15) is 4.79 Å². The SMILES string of the molecule is Cc1ccc(-c2ccc(C(=O)O[C@H]3CC[C@@]4(C)C(=CC[C@H]5[C@@H]6CC[C@H]([C@H](C)CCCC(C)C)[C@@]6(C)CC[C@@H]54)C3)cn2)nc1. The second-order valence-corrected chi connectivity index (χ2v) is 15.7. The molecule has 43 heavy (non-hydrogen) atoms. The predicted molar refractivity (Wildman–Crippen MR) is 174 cm³/mol. The van der Waals surface area contributed by atoms with Gasteiger partial charge in [0.15, 0.2) is 0 Å². The molecule has 232 valence electrons. The zero-order valence-corrected chi connectivity index (χ0v) is 27.6. The highest BCUT2D eigenvalue weighted by Gasteiger charge is 2.59. The first-order chi connectivity index (χ1) is 20.6. The summed E-state index contributed by atoms with van der Waals surface area (Å²) in [7, 11) is 0. The van der Waals surface area contributed by atoms with E-state index in [0.717, 1.165) is 71.7 Å². The van der Waals surface area contributed by atoms with Crippen molar-refractivity contribution in [3.8, 4) is 11.4 Å². The van der Waals surface area contributed by atoms with Gasteiger partial charge in [0.1, 0.15) is 6.10 Å². The maximum absolute atomic E-state index is 13.1. The Morgan fingerprint density at radius 2 is 1.70 bits per heavy atom. The van der Waals surface area contributed by atoms with E-state index in [-0.39, 0.29) is 17.5 Å². The molecular weight excluding hydrogens is 528 g/mol. The lowest BCUT2D eigenvalue weighted by molar-refractivity contribution is -0.0594. The van der Waals surface area contributed by atoms with Crippen LogP contribution in [0.5, 0.6) is 0 Å². The van der Waals surface area contributed by atoms with Gasteiger partial charge >= 0.3 is 5.97 Å². The van der Waals surface area contributed by atoms with Crippen molar-refractivity contribution >= 4 is 5.97 Å². The topological polar surface area (TPSA) is 52.1 Å². The monoisotopic (exact) mass is 582 g/mol. The zero-order chi connectivity index (χ0) is 30.4. The molecule has 2 heterocycles. The van der Waals surface area contributed by atoms with E-state index in [1.165, 1.54) is 51.4 Å². The van der Waals surface area contributed by atoms with Crippen molar-refractivity contribution in [3.05, 3.63) is 59.4 Å². The van der Waals surface area contributed by atoms with Crippen molar-refractivity contribution in [1.29, 1.82) is 0 Å². The second-order valence-electron chi connectivity index (χ2n) is 15.7. The quantitative estimate of drug-likeness (QED) is 0.230. The van der Waals surface area contributed by atoms with Gasteiger partial charge in [-0.1, -0.05) is 71.6 Å². The summed E-state index contributed by atoms with van der Waals surface area (Å²) in [4.78, 5) is 22.1. The van der Waals surface area contributed by atoms with Gasteiger partial charge in [0.05, 0.1) is 17.0 Å². The van der Waals surface area contributed by atoms with Crippen molar-refractivity contribution < 1.29 is 9.53 Å². The molecular formula is C39H54N2O2. The smallest absolute Gasteiger partial charge is 0.339 e. The zero-order valence-electron chi connectivity index (χ0n) is 27.6. The van der Waals surface area contributed by atoms with Crippen LogP contribution < -0.4 is 0 Å². The van der Waals surface area contributed by atoms with E-state index in [4.69, 9.17) is 4.74 Å². The molecule has 0 radical (unpaired) electrons. The average molecular weight is 583 g/mol. The van der Waals surface area contributed by atoms with Gasteiger partial charge in [-0.2, -0.15) is 0 Å². The Morgan fingerprint density at radius 3 is 2.40 bits per heavy atom. The molecule has 4 heteroatoms. The Balaban J connectivity index is 1.09. The number of esters is 1. The molecule has 0 aromatic carbocycles. The summed E-state index contributed by atoms with van der Waals surface area (Å²) in [6.45, 7) is 14.6.